The van der Waals surface area contributed by atoms with Crippen LogP contribution in [-0.2, 0) is 0 Å². The van der Waals surface area contributed by atoms with E-state index in [1.807, 2.05) is 36.5 Å². The zero-order valence-electron chi connectivity index (χ0n) is 14.6. The molecule has 0 fully saturated rings. The Morgan fingerprint density at radius 2 is 1.71 bits per heavy atom. The fourth-order valence-electron chi connectivity index (χ4n) is 2.54. The second-order valence-electron chi connectivity index (χ2n) is 5.89. The fraction of sp³-hybridized carbons (Fsp3) is 0. The van der Waals surface area contributed by atoms with Crippen molar-refractivity contribution in [3.8, 4) is 5.82 Å². The number of amides is 1. The summed E-state index contributed by atoms with van der Waals surface area (Å²) in [5.41, 5.74) is 2.06. The van der Waals surface area contributed by atoms with Crippen molar-refractivity contribution in [3.63, 3.8) is 0 Å². The summed E-state index contributed by atoms with van der Waals surface area (Å²) < 4.78 is 1.79. The van der Waals surface area contributed by atoms with Crippen LogP contribution in [0.25, 0.3) is 5.82 Å². The van der Waals surface area contributed by atoms with E-state index in [-0.39, 0.29) is 5.91 Å². The summed E-state index contributed by atoms with van der Waals surface area (Å²) in [6, 6.07) is 15.9. The molecule has 4 aromatic rings. The molecule has 0 unspecified atom stereocenters. The van der Waals surface area contributed by atoms with Crippen molar-refractivity contribution < 1.29 is 4.79 Å². The van der Waals surface area contributed by atoms with Crippen LogP contribution in [0.1, 0.15) is 10.4 Å². The first-order valence-electron chi connectivity index (χ1n) is 8.42. The van der Waals surface area contributed by atoms with Gasteiger partial charge in [-0.15, -0.1) is 0 Å². The second kappa shape index (κ2) is 7.89. The van der Waals surface area contributed by atoms with Gasteiger partial charge < -0.3 is 10.6 Å². The van der Waals surface area contributed by atoms with Gasteiger partial charge in [0.1, 0.15) is 24.3 Å². The van der Waals surface area contributed by atoms with Crippen LogP contribution in [-0.4, -0.2) is 25.4 Å². The maximum Gasteiger partial charge on any atom is 0.255 e. The van der Waals surface area contributed by atoms with E-state index in [1.54, 1.807) is 41.4 Å². The number of nitrogens with zero attached hydrogens (tertiary/aromatic N) is 4. The van der Waals surface area contributed by atoms with Gasteiger partial charge >= 0.3 is 0 Å². The lowest BCUT2D eigenvalue weighted by Gasteiger charge is -2.09. The Balaban J connectivity index is 1.43. The molecule has 0 spiro atoms. The molecule has 0 saturated carbocycles. The third-order valence-electron chi connectivity index (χ3n) is 3.94. The van der Waals surface area contributed by atoms with Crippen molar-refractivity contribution in [1.82, 2.24) is 19.5 Å². The van der Waals surface area contributed by atoms with Gasteiger partial charge in [0.25, 0.3) is 5.91 Å². The van der Waals surface area contributed by atoms with Crippen LogP contribution in [0, 0.1) is 0 Å². The highest BCUT2D eigenvalue weighted by Gasteiger charge is 2.06. The van der Waals surface area contributed by atoms with Gasteiger partial charge in [-0.2, -0.15) is 0 Å². The number of anilines is 3. The first-order chi connectivity index (χ1) is 13.7. The Morgan fingerprint density at radius 3 is 2.43 bits per heavy atom. The van der Waals surface area contributed by atoms with Crippen LogP contribution in [0.5, 0.6) is 0 Å². The lowest BCUT2D eigenvalue weighted by Crippen LogP contribution is -2.11. The Morgan fingerprint density at radius 1 is 0.964 bits per heavy atom. The predicted molar refractivity (Wildman–Crippen MR) is 108 cm³/mol. The van der Waals surface area contributed by atoms with Gasteiger partial charge in [-0.05, 0) is 48.5 Å². The Bertz CT molecular complexity index is 1080. The molecule has 8 heteroatoms. The molecule has 4 rings (SSSR count). The summed E-state index contributed by atoms with van der Waals surface area (Å²) in [6.07, 6.45) is 6.65. The molecule has 0 radical (unpaired) electrons. The third-order valence-corrected chi connectivity index (χ3v) is 4.20. The zero-order valence-corrected chi connectivity index (χ0v) is 15.3. The van der Waals surface area contributed by atoms with E-state index in [0.717, 1.165) is 5.69 Å². The number of rotatable bonds is 5. The fourth-order valence-corrected chi connectivity index (χ4v) is 2.67. The van der Waals surface area contributed by atoms with Gasteiger partial charge in [0.2, 0.25) is 0 Å². The summed E-state index contributed by atoms with van der Waals surface area (Å²) in [5, 5.41) is 6.65. The van der Waals surface area contributed by atoms with Crippen LogP contribution >= 0.6 is 11.6 Å². The molecule has 1 amide bonds. The molecule has 7 nitrogen and oxygen atoms in total. The first-order valence-corrected chi connectivity index (χ1v) is 8.79. The summed E-state index contributed by atoms with van der Waals surface area (Å²) >= 11 is 5.85. The molecular weight excluding hydrogens is 376 g/mol. The number of halogens is 1. The Hall–Kier alpha value is -3.71. The van der Waals surface area contributed by atoms with Crippen molar-refractivity contribution in [2.24, 2.45) is 0 Å². The first kappa shape index (κ1) is 17.7. The molecule has 0 atom stereocenters. The van der Waals surface area contributed by atoms with Crippen molar-refractivity contribution in [2.75, 3.05) is 10.6 Å². The van der Waals surface area contributed by atoms with Crippen LogP contribution in [0.3, 0.4) is 0 Å². The molecule has 0 saturated heterocycles. The van der Waals surface area contributed by atoms with E-state index in [9.17, 15) is 4.79 Å². The number of carbonyl (C=O) groups is 1. The SMILES string of the molecule is O=C(Nc1ccc(Nc2cc(-n3ccnc3)ncn2)cc1)c1ccc(Cl)cc1. The number of hydrogen-bond donors (Lipinski definition) is 2. The predicted octanol–water partition coefficient (Wildman–Crippen LogP) is 4.31. The van der Waals surface area contributed by atoms with Crippen molar-refractivity contribution in [3.05, 3.63) is 90.2 Å². The minimum Gasteiger partial charge on any atom is -0.340 e. The second-order valence-corrected chi connectivity index (χ2v) is 6.33. The average Bonchev–Trinajstić information content (AvgIpc) is 3.25. The normalized spacial score (nSPS) is 10.5. The van der Waals surface area contributed by atoms with Gasteiger partial charge in [0.15, 0.2) is 0 Å². The average molecular weight is 391 g/mol. The van der Waals surface area contributed by atoms with Gasteiger partial charge in [-0.3, -0.25) is 9.36 Å². The summed E-state index contributed by atoms with van der Waals surface area (Å²) in [7, 11) is 0. The van der Waals surface area contributed by atoms with Gasteiger partial charge in [-0.1, -0.05) is 11.6 Å². The largest absolute Gasteiger partial charge is 0.340 e. The summed E-state index contributed by atoms with van der Waals surface area (Å²) in [4.78, 5) is 24.7. The molecule has 2 aromatic carbocycles. The molecule has 2 heterocycles. The third kappa shape index (κ3) is 4.16. The molecule has 0 aliphatic rings. The highest BCUT2D eigenvalue weighted by atomic mass is 35.5. The van der Waals surface area contributed by atoms with Crippen molar-refractivity contribution >= 4 is 34.7 Å². The Kier molecular flexibility index (Phi) is 4.99. The maximum absolute atomic E-state index is 12.3. The molecular formula is C20H15ClN6O. The van der Waals surface area contributed by atoms with E-state index in [4.69, 9.17) is 11.6 Å². The monoisotopic (exact) mass is 390 g/mol. The van der Waals surface area contributed by atoms with Gasteiger partial charge in [-0.25, -0.2) is 15.0 Å². The standard InChI is InChI=1S/C20H15ClN6O/c21-15-3-1-14(2-4-15)20(28)26-17-7-5-16(6-8-17)25-18-11-19(24-12-23-18)27-10-9-22-13-27/h1-13H,(H,26,28)(H,23,24,25). The smallest absolute Gasteiger partial charge is 0.255 e. The number of benzene rings is 2. The summed E-state index contributed by atoms with van der Waals surface area (Å²) in [5.74, 6) is 1.16. The van der Waals surface area contributed by atoms with Crippen LogP contribution in [0.15, 0.2) is 79.6 Å². The number of nitrogens with one attached hydrogen (secondary N) is 2. The molecule has 2 aromatic heterocycles. The number of carbonyl (C=O) groups excluding carboxylic acids is 1. The van der Waals surface area contributed by atoms with Crippen molar-refractivity contribution in [1.29, 1.82) is 0 Å². The molecule has 0 bridgehead atoms. The van der Waals surface area contributed by atoms with Crippen LogP contribution in [0.2, 0.25) is 5.02 Å². The highest BCUT2D eigenvalue weighted by molar-refractivity contribution is 6.30. The molecule has 2 N–H and O–H groups in total. The number of imidazole rings is 1. The van der Waals surface area contributed by atoms with Gasteiger partial charge in [0, 0.05) is 40.4 Å². The minimum atomic E-state index is -0.196. The Labute approximate surface area is 166 Å². The van der Waals surface area contributed by atoms with E-state index < -0.39 is 0 Å². The van der Waals surface area contributed by atoms with E-state index in [1.165, 1.54) is 6.33 Å². The minimum absolute atomic E-state index is 0.196. The molecule has 0 aliphatic carbocycles. The maximum atomic E-state index is 12.3. The number of aromatic nitrogens is 4. The lowest BCUT2D eigenvalue weighted by molar-refractivity contribution is 0.102. The highest BCUT2D eigenvalue weighted by Crippen LogP contribution is 2.19. The lowest BCUT2D eigenvalue weighted by atomic mass is 10.2. The quantitative estimate of drug-likeness (QED) is 0.530. The zero-order chi connectivity index (χ0) is 19.3. The molecule has 0 aliphatic heterocycles. The van der Waals surface area contributed by atoms with Crippen LogP contribution in [0.4, 0.5) is 17.2 Å². The van der Waals surface area contributed by atoms with Crippen LogP contribution < -0.4 is 10.6 Å². The molecule has 138 valence electrons. The van der Waals surface area contributed by atoms with Crippen molar-refractivity contribution in [2.45, 2.75) is 0 Å². The number of hydrogen-bond acceptors (Lipinski definition) is 5. The summed E-state index contributed by atoms with van der Waals surface area (Å²) in [6.45, 7) is 0. The topological polar surface area (TPSA) is 84.7 Å². The van der Waals surface area contributed by atoms with Gasteiger partial charge in [0.05, 0.1) is 0 Å². The van der Waals surface area contributed by atoms with E-state index in [2.05, 4.69) is 25.6 Å². The van der Waals surface area contributed by atoms with E-state index >= 15 is 0 Å². The molecule has 28 heavy (non-hydrogen) atoms. The van der Waals surface area contributed by atoms with E-state index in [0.29, 0.717) is 27.9 Å².